The van der Waals surface area contributed by atoms with Gasteiger partial charge in [0.25, 0.3) is 11.1 Å². The number of aromatic nitrogens is 2. The number of nitrogens with zero attached hydrogens (tertiary/aromatic N) is 1. The third kappa shape index (κ3) is 3.87. The molecule has 1 amide bonds. The zero-order valence-corrected chi connectivity index (χ0v) is 9.12. The fourth-order valence-corrected chi connectivity index (χ4v) is 1.08. The molecular weight excluding hydrogens is 246 g/mol. The molecule has 0 aliphatic heterocycles. The van der Waals surface area contributed by atoms with Crippen LogP contribution in [0.1, 0.15) is 0 Å². The van der Waals surface area contributed by atoms with Crippen molar-refractivity contribution < 1.29 is 19.8 Å². The number of hydrogen-bond donors (Lipinski definition) is 4. The Kier molecular flexibility index (Phi) is 4.38. The summed E-state index contributed by atoms with van der Waals surface area (Å²) in [5.41, 5.74) is -1.13. The third-order valence-corrected chi connectivity index (χ3v) is 1.97. The number of carbonyl (C=O) groups is 2. The largest absolute Gasteiger partial charge is 0.479 e. The Hall–Kier alpha value is -2.42. The maximum absolute atomic E-state index is 11.3. The predicted octanol–water partition coefficient (Wildman–Crippen LogP) is -2.90. The smallest absolute Gasteiger partial charge is 0.334 e. The molecule has 1 aromatic rings. The molecule has 1 heterocycles. The number of aliphatic carboxylic acids is 1. The molecule has 1 atom stereocenters. The number of aliphatic hydroxyl groups excluding tert-OH is 1. The summed E-state index contributed by atoms with van der Waals surface area (Å²) in [6, 6.07) is 2.02. The van der Waals surface area contributed by atoms with Crippen LogP contribution < -0.4 is 16.4 Å². The summed E-state index contributed by atoms with van der Waals surface area (Å²) in [7, 11) is 0. The van der Waals surface area contributed by atoms with Crippen LogP contribution in [0.25, 0.3) is 0 Å². The molecule has 9 nitrogen and oxygen atoms in total. The van der Waals surface area contributed by atoms with Gasteiger partial charge in [-0.2, -0.15) is 0 Å². The van der Waals surface area contributed by atoms with Crippen molar-refractivity contribution in [1.82, 2.24) is 15.1 Å². The van der Waals surface area contributed by atoms with E-state index < -0.39 is 42.2 Å². The second-order valence-electron chi connectivity index (χ2n) is 3.39. The van der Waals surface area contributed by atoms with Crippen molar-refractivity contribution in [2.75, 3.05) is 6.54 Å². The number of carboxylic acids is 1. The van der Waals surface area contributed by atoms with Crippen molar-refractivity contribution in [3.8, 4) is 0 Å². The van der Waals surface area contributed by atoms with Gasteiger partial charge in [0.1, 0.15) is 6.54 Å². The molecular formula is C9H11N3O6. The number of carbonyl (C=O) groups excluding carboxylic acids is 1. The van der Waals surface area contributed by atoms with Gasteiger partial charge < -0.3 is 15.5 Å². The van der Waals surface area contributed by atoms with Gasteiger partial charge >= 0.3 is 5.97 Å². The number of hydrogen-bond acceptors (Lipinski definition) is 5. The van der Waals surface area contributed by atoms with E-state index in [1.165, 1.54) is 0 Å². The minimum absolute atomic E-state index is 0.471. The number of H-pyrrole nitrogens is 1. The number of amides is 1. The maximum Gasteiger partial charge on any atom is 0.334 e. The Morgan fingerprint density at radius 1 is 1.39 bits per heavy atom. The molecule has 1 aromatic heterocycles. The molecule has 1 rings (SSSR count). The summed E-state index contributed by atoms with van der Waals surface area (Å²) in [6.07, 6.45) is -1.72. The first kappa shape index (κ1) is 13.6. The fourth-order valence-electron chi connectivity index (χ4n) is 1.08. The fraction of sp³-hybridized carbons (Fsp3) is 0.333. The summed E-state index contributed by atoms with van der Waals surface area (Å²) in [4.78, 5) is 43.7. The monoisotopic (exact) mass is 257 g/mol. The van der Waals surface area contributed by atoms with E-state index in [1.54, 1.807) is 0 Å². The van der Waals surface area contributed by atoms with Crippen molar-refractivity contribution in [3.63, 3.8) is 0 Å². The molecule has 98 valence electrons. The second-order valence-corrected chi connectivity index (χ2v) is 3.39. The van der Waals surface area contributed by atoms with E-state index in [0.717, 1.165) is 16.8 Å². The highest BCUT2D eigenvalue weighted by atomic mass is 16.4. The highest BCUT2D eigenvalue weighted by molar-refractivity contribution is 5.77. The van der Waals surface area contributed by atoms with Crippen LogP contribution >= 0.6 is 0 Å². The van der Waals surface area contributed by atoms with E-state index in [4.69, 9.17) is 10.2 Å². The van der Waals surface area contributed by atoms with Crippen LogP contribution in [0.4, 0.5) is 0 Å². The number of carboxylic acid groups (broad SMARTS) is 1. The van der Waals surface area contributed by atoms with Gasteiger partial charge in [-0.25, -0.2) is 9.48 Å². The molecule has 0 spiro atoms. The molecule has 0 radical (unpaired) electrons. The maximum atomic E-state index is 11.3. The van der Waals surface area contributed by atoms with Gasteiger partial charge in [-0.15, -0.1) is 0 Å². The normalized spacial score (nSPS) is 11.8. The van der Waals surface area contributed by atoms with Gasteiger partial charge in [0.2, 0.25) is 5.91 Å². The van der Waals surface area contributed by atoms with Crippen LogP contribution in [0.5, 0.6) is 0 Å². The van der Waals surface area contributed by atoms with E-state index in [0.29, 0.717) is 0 Å². The predicted molar refractivity (Wildman–Crippen MR) is 58.0 cm³/mol. The first-order valence-corrected chi connectivity index (χ1v) is 4.88. The molecule has 0 aromatic carbocycles. The lowest BCUT2D eigenvalue weighted by Gasteiger charge is -2.08. The van der Waals surface area contributed by atoms with E-state index in [2.05, 4.69) is 10.4 Å². The van der Waals surface area contributed by atoms with Crippen LogP contribution in [0.15, 0.2) is 21.7 Å². The Balaban J connectivity index is 2.60. The number of nitrogens with one attached hydrogen (secondary N) is 2. The SMILES string of the molecule is O=C(Cn1[nH]c(=O)ccc1=O)NC[C@H](O)C(=O)O. The molecule has 0 aliphatic rings. The van der Waals surface area contributed by atoms with Gasteiger partial charge in [-0.1, -0.05) is 0 Å². The standard InChI is InChI=1S/C9H11N3O6/c13-5(9(17)18)3-10-7(15)4-12-8(16)2-1-6(14)11-12/h1-2,5,13H,3-4H2,(H,10,15)(H,11,14)(H,17,18)/t5-/m0/s1. The van der Waals surface area contributed by atoms with Crippen molar-refractivity contribution in [1.29, 1.82) is 0 Å². The average Bonchev–Trinajstić information content (AvgIpc) is 2.30. The zero-order valence-electron chi connectivity index (χ0n) is 9.12. The van der Waals surface area contributed by atoms with Crippen molar-refractivity contribution in [3.05, 3.63) is 32.8 Å². The number of aliphatic hydroxyl groups is 1. The van der Waals surface area contributed by atoms with Gasteiger partial charge in [0.05, 0.1) is 6.54 Å². The molecule has 0 saturated carbocycles. The zero-order chi connectivity index (χ0) is 13.7. The first-order valence-electron chi connectivity index (χ1n) is 4.88. The molecule has 0 bridgehead atoms. The molecule has 18 heavy (non-hydrogen) atoms. The van der Waals surface area contributed by atoms with Crippen molar-refractivity contribution >= 4 is 11.9 Å². The minimum atomic E-state index is -1.72. The summed E-state index contributed by atoms with van der Waals surface area (Å²) in [5.74, 6) is -2.18. The summed E-state index contributed by atoms with van der Waals surface area (Å²) >= 11 is 0. The highest BCUT2D eigenvalue weighted by Gasteiger charge is 2.14. The van der Waals surface area contributed by atoms with E-state index >= 15 is 0 Å². The molecule has 0 unspecified atom stereocenters. The quantitative estimate of drug-likeness (QED) is 0.445. The second kappa shape index (κ2) is 5.77. The van der Waals surface area contributed by atoms with Gasteiger partial charge in [0, 0.05) is 12.1 Å². The Bertz CT molecular complexity index is 560. The topological polar surface area (TPSA) is 141 Å². The van der Waals surface area contributed by atoms with Crippen LogP contribution in [-0.4, -0.2) is 44.5 Å². The highest BCUT2D eigenvalue weighted by Crippen LogP contribution is 1.81. The van der Waals surface area contributed by atoms with Crippen LogP contribution in [0.2, 0.25) is 0 Å². The van der Waals surface area contributed by atoms with Crippen molar-refractivity contribution in [2.45, 2.75) is 12.6 Å². The van der Waals surface area contributed by atoms with Crippen LogP contribution in [0, 0.1) is 0 Å². The lowest BCUT2D eigenvalue weighted by Crippen LogP contribution is -2.40. The van der Waals surface area contributed by atoms with Crippen molar-refractivity contribution in [2.24, 2.45) is 0 Å². The number of aromatic amines is 1. The third-order valence-electron chi connectivity index (χ3n) is 1.97. The first-order chi connectivity index (χ1) is 8.40. The van der Waals surface area contributed by atoms with E-state index in [-0.39, 0.29) is 0 Å². The van der Waals surface area contributed by atoms with E-state index in [9.17, 15) is 19.2 Å². The van der Waals surface area contributed by atoms with E-state index in [1.807, 2.05) is 0 Å². The summed E-state index contributed by atoms with van der Waals surface area (Å²) in [6.45, 7) is -0.957. The van der Waals surface area contributed by atoms with Gasteiger partial charge in [0.15, 0.2) is 6.10 Å². The Labute approximate surface area is 99.7 Å². The molecule has 0 fully saturated rings. The minimum Gasteiger partial charge on any atom is -0.479 e. The van der Waals surface area contributed by atoms with Gasteiger partial charge in [-0.3, -0.25) is 19.5 Å². The van der Waals surface area contributed by atoms with Gasteiger partial charge in [-0.05, 0) is 0 Å². The molecule has 9 heteroatoms. The molecule has 0 saturated heterocycles. The summed E-state index contributed by atoms with van der Waals surface area (Å²) < 4.78 is 0.769. The molecule has 4 N–H and O–H groups in total. The van der Waals surface area contributed by atoms with Crippen LogP contribution in [0.3, 0.4) is 0 Å². The van der Waals surface area contributed by atoms with Crippen LogP contribution in [-0.2, 0) is 16.1 Å². The Morgan fingerprint density at radius 3 is 2.67 bits per heavy atom. The average molecular weight is 257 g/mol. The lowest BCUT2D eigenvalue weighted by molar-refractivity contribution is -0.146. The number of rotatable bonds is 5. The summed E-state index contributed by atoms with van der Waals surface area (Å²) in [5, 5.41) is 21.5. The molecule has 0 aliphatic carbocycles. The lowest BCUT2D eigenvalue weighted by atomic mass is 10.3. The Morgan fingerprint density at radius 2 is 2.06 bits per heavy atom.